The van der Waals surface area contributed by atoms with E-state index in [0.29, 0.717) is 11.1 Å². The Morgan fingerprint density at radius 3 is 2.54 bits per heavy atom. The van der Waals surface area contributed by atoms with Crippen LogP contribution in [0.3, 0.4) is 0 Å². The molecule has 6 nitrogen and oxygen atoms in total. The maximum absolute atomic E-state index is 6.22. The molecule has 0 unspecified atom stereocenters. The van der Waals surface area contributed by atoms with Crippen LogP contribution in [0, 0.1) is 0 Å². The van der Waals surface area contributed by atoms with Crippen molar-refractivity contribution in [2.75, 3.05) is 51.3 Å². The van der Waals surface area contributed by atoms with Crippen molar-refractivity contribution in [3.8, 4) is 0 Å². The number of rotatable bonds is 5. The summed E-state index contributed by atoms with van der Waals surface area (Å²) in [4.78, 5) is 14.2. The second-order valence-corrected chi connectivity index (χ2v) is 7.03. The number of hydrogen-bond acceptors (Lipinski definition) is 5. The maximum atomic E-state index is 6.22. The van der Waals surface area contributed by atoms with Gasteiger partial charge >= 0.3 is 0 Å². The van der Waals surface area contributed by atoms with E-state index in [0.717, 1.165) is 62.0 Å². The minimum Gasteiger partial charge on any atom is -0.383 e. The molecule has 1 saturated heterocycles. The molecule has 0 atom stereocenters. The normalized spacial score (nSPS) is 16.5. The highest BCUT2D eigenvalue weighted by molar-refractivity contribution is 6.30. The molecule has 0 radical (unpaired) electrons. The van der Waals surface area contributed by atoms with E-state index in [1.165, 1.54) is 0 Å². The second kappa shape index (κ2) is 7.25. The quantitative estimate of drug-likeness (QED) is 0.774. The number of anilines is 1. The molecule has 0 amide bonds. The topological polar surface area (TPSA) is 46.4 Å². The smallest absolute Gasteiger partial charge is 0.206 e. The van der Waals surface area contributed by atoms with Crippen molar-refractivity contribution in [1.29, 1.82) is 0 Å². The van der Waals surface area contributed by atoms with Crippen LogP contribution in [0.25, 0.3) is 11.0 Å². The second-order valence-electron chi connectivity index (χ2n) is 6.64. The summed E-state index contributed by atoms with van der Waals surface area (Å²) in [6.07, 6.45) is 0. The predicted molar refractivity (Wildman–Crippen MR) is 98.1 cm³/mol. The Morgan fingerprint density at radius 2 is 1.92 bits per heavy atom. The highest BCUT2D eigenvalue weighted by atomic mass is 35.5. The summed E-state index contributed by atoms with van der Waals surface area (Å²) in [6, 6.07) is 1.91. The average molecular weight is 352 g/mol. The van der Waals surface area contributed by atoms with Crippen molar-refractivity contribution in [1.82, 2.24) is 19.4 Å². The molecule has 2 aromatic rings. The number of imidazole rings is 1. The van der Waals surface area contributed by atoms with Gasteiger partial charge in [-0.15, -0.1) is 0 Å². The summed E-state index contributed by atoms with van der Waals surface area (Å²) in [7, 11) is 3.81. The van der Waals surface area contributed by atoms with Crippen LogP contribution in [-0.2, 0) is 11.8 Å². The first-order chi connectivity index (χ1) is 11.5. The van der Waals surface area contributed by atoms with Crippen LogP contribution in [0.2, 0.25) is 5.15 Å². The van der Waals surface area contributed by atoms with Crippen molar-refractivity contribution in [3.05, 3.63) is 16.9 Å². The van der Waals surface area contributed by atoms with E-state index in [4.69, 9.17) is 21.3 Å². The van der Waals surface area contributed by atoms with Gasteiger partial charge in [-0.05, 0) is 5.92 Å². The van der Waals surface area contributed by atoms with Crippen LogP contribution in [0.5, 0.6) is 0 Å². The van der Waals surface area contributed by atoms with Gasteiger partial charge in [-0.25, -0.2) is 9.97 Å². The number of aryl methyl sites for hydroxylation is 1. The Kier molecular flexibility index (Phi) is 5.27. The first-order valence-corrected chi connectivity index (χ1v) is 8.88. The molecule has 2 aromatic heterocycles. The molecule has 3 heterocycles. The molecular weight excluding hydrogens is 326 g/mol. The van der Waals surface area contributed by atoms with E-state index in [9.17, 15) is 0 Å². The van der Waals surface area contributed by atoms with Crippen LogP contribution in [0.1, 0.15) is 25.5 Å². The van der Waals surface area contributed by atoms with Crippen LogP contribution >= 0.6 is 11.6 Å². The number of ether oxygens (including phenoxy) is 1. The zero-order valence-corrected chi connectivity index (χ0v) is 15.7. The standard InChI is InChI=1S/C17H26ClN5O/c1-12(2)15-16-13(11-14(18)19-15)21(3)17(20-16)23-7-5-22(6-8-23)9-10-24-4/h11-12H,5-10H2,1-4H3. The number of piperazine rings is 1. The van der Waals surface area contributed by atoms with Crippen LogP contribution in [0.15, 0.2) is 6.07 Å². The third kappa shape index (κ3) is 3.36. The van der Waals surface area contributed by atoms with E-state index in [1.807, 2.05) is 6.07 Å². The third-order valence-electron chi connectivity index (χ3n) is 4.66. The molecular formula is C17H26ClN5O. The van der Waals surface area contributed by atoms with Crippen molar-refractivity contribution < 1.29 is 4.74 Å². The van der Waals surface area contributed by atoms with E-state index >= 15 is 0 Å². The minimum absolute atomic E-state index is 0.292. The minimum atomic E-state index is 0.292. The average Bonchev–Trinajstić information content (AvgIpc) is 2.89. The lowest BCUT2D eigenvalue weighted by molar-refractivity contribution is 0.143. The third-order valence-corrected chi connectivity index (χ3v) is 4.85. The molecule has 1 aliphatic rings. The Hall–Kier alpha value is -1.37. The van der Waals surface area contributed by atoms with Gasteiger partial charge in [0.2, 0.25) is 5.95 Å². The summed E-state index contributed by atoms with van der Waals surface area (Å²) < 4.78 is 7.31. The van der Waals surface area contributed by atoms with Gasteiger partial charge in [-0.3, -0.25) is 4.90 Å². The predicted octanol–water partition coefficient (Wildman–Crippen LogP) is 2.51. The lowest BCUT2D eigenvalue weighted by Crippen LogP contribution is -2.48. The summed E-state index contributed by atoms with van der Waals surface area (Å²) in [6.45, 7) is 10.0. The summed E-state index contributed by atoms with van der Waals surface area (Å²) >= 11 is 6.22. The van der Waals surface area contributed by atoms with Gasteiger partial charge in [0.05, 0.1) is 17.8 Å². The Morgan fingerprint density at radius 1 is 1.21 bits per heavy atom. The molecule has 3 rings (SSSR count). The van der Waals surface area contributed by atoms with Crippen molar-refractivity contribution >= 4 is 28.6 Å². The number of halogens is 1. The number of fused-ring (bicyclic) bond motifs is 1. The molecule has 0 bridgehead atoms. The fourth-order valence-electron chi connectivity index (χ4n) is 3.24. The molecule has 1 aliphatic heterocycles. The zero-order chi connectivity index (χ0) is 17.3. The van der Waals surface area contributed by atoms with Crippen LogP contribution < -0.4 is 4.90 Å². The summed E-state index contributed by atoms with van der Waals surface area (Å²) in [5.74, 6) is 1.29. The first kappa shape index (κ1) is 17.5. The van der Waals surface area contributed by atoms with Crippen LogP contribution in [0.4, 0.5) is 5.95 Å². The van der Waals surface area contributed by atoms with E-state index in [1.54, 1.807) is 7.11 Å². The largest absolute Gasteiger partial charge is 0.383 e. The SMILES string of the molecule is COCCN1CCN(c2nc3c(C(C)C)nc(Cl)cc3n2C)CC1. The molecule has 1 fully saturated rings. The zero-order valence-electron chi connectivity index (χ0n) is 14.9. The van der Waals surface area contributed by atoms with Gasteiger partial charge in [-0.1, -0.05) is 25.4 Å². The molecule has 0 saturated carbocycles. The molecule has 0 aliphatic carbocycles. The van der Waals surface area contributed by atoms with E-state index in [2.05, 4.69) is 40.2 Å². The number of hydrogen-bond donors (Lipinski definition) is 0. The van der Waals surface area contributed by atoms with E-state index in [-0.39, 0.29) is 0 Å². The Bertz CT molecular complexity index is 707. The van der Waals surface area contributed by atoms with Gasteiger partial charge in [-0.2, -0.15) is 0 Å². The molecule has 132 valence electrons. The number of pyridine rings is 1. The fourth-order valence-corrected chi connectivity index (χ4v) is 3.44. The van der Waals surface area contributed by atoms with Crippen LogP contribution in [-0.4, -0.2) is 65.9 Å². The molecule has 24 heavy (non-hydrogen) atoms. The number of aromatic nitrogens is 3. The van der Waals surface area contributed by atoms with Gasteiger partial charge in [0.15, 0.2) is 0 Å². The fraction of sp³-hybridized carbons (Fsp3) is 0.647. The van der Waals surface area contributed by atoms with Crippen molar-refractivity contribution in [2.45, 2.75) is 19.8 Å². The van der Waals surface area contributed by atoms with Crippen molar-refractivity contribution in [2.24, 2.45) is 7.05 Å². The Balaban J connectivity index is 1.86. The molecule has 0 spiro atoms. The lowest BCUT2D eigenvalue weighted by Gasteiger charge is -2.35. The summed E-state index contributed by atoms with van der Waals surface area (Å²) in [5, 5.41) is 0.533. The highest BCUT2D eigenvalue weighted by Gasteiger charge is 2.23. The van der Waals surface area contributed by atoms with Crippen molar-refractivity contribution in [3.63, 3.8) is 0 Å². The van der Waals surface area contributed by atoms with Gasteiger partial charge in [0.1, 0.15) is 10.7 Å². The molecule has 0 aromatic carbocycles. The number of nitrogens with zero attached hydrogens (tertiary/aromatic N) is 5. The Labute approximate surface area is 148 Å². The van der Waals surface area contributed by atoms with Gasteiger partial charge < -0.3 is 14.2 Å². The first-order valence-electron chi connectivity index (χ1n) is 8.50. The van der Waals surface area contributed by atoms with Gasteiger partial charge in [0.25, 0.3) is 0 Å². The van der Waals surface area contributed by atoms with E-state index < -0.39 is 0 Å². The van der Waals surface area contributed by atoms with Gasteiger partial charge in [0, 0.05) is 52.9 Å². The summed E-state index contributed by atoms with van der Waals surface area (Å²) in [5.41, 5.74) is 2.99. The lowest BCUT2D eigenvalue weighted by atomic mass is 10.1. The monoisotopic (exact) mass is 351 g/mol. The molecule has 0 N–H and O–H groups in total. The molecule has 7 heteroatoms. The maximum Gasteiger partial charge on any atom is 0.206 e. The highest BCUT2D eigenvalue weighted by Crippen LogP contribution is 2.29. The number of methoxy groups -OCH3 is 1.